The van der Waals surface area contributed by atoms with Gasteiger partial charge in [0.25, 0.3) is 0 Å². The van der Waals surface area contributed by atoms with Crippen LogP contribution in [0.2, 0.25) is 0 Å². The zero-order valence-corrected chi connectivity index (χ0v) is 14.2. The first-order valence-corrected chi connectivity index (χ1v) is 7.64. The lowest BCUT2D eigenvalue weighted by atomic mass is 9.92. The fraction of sp³-hybridized carbons (Fsp3) is 0.471. The zero-order valence-electron chi connectivity index (χ0n) is 14.2. The molecule has 0 radical (unpaired) electrons. The fourth-order valence-electron chi connectivity index (χ4n) is 2.80. The van der Waals surface area contributed by atoms with Crippen LogP contribution in [0.5, 0.6) is 11.5 Å². The molecule has 0 unspecified atom stereocenters. The average Bonchev–Trinajstić information content (AvgIpc) is 2.52. The summed E-state index contributed by atoms with van der Waals surface area (Å²) in [7, 11) is 2.87. The average molecular weight is 335 g/mol. The van der Waals surface area contributed by atoms with Crippen molar-refractivity contribution in [2.75, 3.05) is 14.2 Å². The van der Waals surface area contributed by atoms with Crippen LogP contribution in [0, 0.1) is 10.1 Å². The molecule has 1 heterocycles. The van der Waals surface area contributed by atoms with E-state index in [-0.39, 0.29) is 34.9 Å². The topological polar surface area (TPSA) is 87.9 Å². The van der Waals surface area contributed by atoms with Gasteiger partial charge in [0.1, 0.15) is 11.5 Å². The van der Waals surface area contributed by atoms with Gasteiger partial charge in [0.2, 0.25) is 6.54 Å². The normalized spacial score (nSPS) is 20.2. The summed E-state index contributed by atoms with van der Waals surface area (Å²) in [6.45, 7) is 3.23. The van der Waals surface area contributed by atoms with Gasteiger partial charge in [-0.3, -0.25) is 14.9 Å². The number of hydrogen-bond donors (Lipinski definition) is 0. The largest absolute Gasteiger partial charge is 0.497 e. The summed E-state index contributed by atoms with van der Waals surface area (Å²) in [5.74, 6) is 0.337. The Labute approximate surface area is 140 Å². The number of Topliss-reactive ketones (excluding diaryl/α,β-unsaturated/α-hetero) is 1. The van der Waals surface area contributed by atoms with Gasteiger partial charge in [0, 0.05) is 22.1 Å². The molecular formula is C17H21NO6. The smallest absolute Gasteiger partial charge is 0.229 e. The van der Waals surface area contributed by atoms with Crippen molar-refractivity contribution in [1.29, 1.82) is 0 Å². The number of rotatable bonds is 6. The van der Waals surface area contributed by atoms with E-state index >= 15 is 0 Å². The van der Waals surface area contributed by atoms with Gasteiger partial charge < -0.3 is 14.2 Å². The van der Waals surface area contributed by atoms with Gasteiger partial charge in [-0.1, -0.05) is 6.08 Å². The highest BCUT2D eigenvalue weighted by Gasteiger charge is 2.29. The van der Waals surface area contributed by atoms with Crippen LogP contribution in [-0.4, -0.2) is 37.1 Å². The quantitative estimate of drug-likeness (QED) is 0.451. The molecule has 24 heavy (non-hydrogen) atoms. The van der Waals surface area contributed by atoms with E-state index in [0.717, 1.165) is 0 Å². The number of nitro groups is 1. The molecule has 0 saturated heterocycles. The van der Waals surface area contributed by atoms with Gasteiger partial charge in [-0.2, -0.15) is 0 Å². The molecule has 1 aliphatic rings. The summed E-state index contributed by atoms with van der Waals surface area (Å²) in [5.41, 5.74) is 0.931. The summed E-state index contributed by atoms with van der Waals surface area (Å²) >= 11 is 0. The van der Waals surface area contributed by atoms with Gasteiger partial charge in [-0.25, -0.2) is 0 Å². The van der Waals surface area contributed by atoms with Crippen molar-refractivity contribution in [1.82, 2.24) is 0 Å². The minimum absolute atomic E-state index is 0.0348. The maximum Gasteiger partial charge on any atom is 0.229 e. The Hall–Kier alpha value is -2.41. The van der Waals surface area contributed by atoms with Crippen LogP contribution in [0.1, 0.15) is 36.2 Å². The second-order valence-corrected chi connectivity index (χ2v) is 5.67. The monoisotopic (exact) mass is 335 g/mol. The minimum atomic E-state index is -0.493. The van der Waals surface area contributed by atoms with Crippen molar-refractivity contribution in [3.8, 4) is 11.5 Å². The van der Waals surface area contributed by atoms with Crippen LogP contribution in [0.15, 0.2) is 23.8 Å². The number of ether oxygens (including phenoxy) is 3. The van der Waals surface area contributed by atoms with E-state index in [1.165, 1.54) is 20.3 Å². The number of hydrogen-bond acceptors (Lipinski definition) is 6. The third-order valence-corrected chi connectivity index (χ3v) is 3.95. The van der Waals surface area contributed by atoms with Crippen LogP contribution in [0.25, 0.3) is 0 Å². The highest BCUT2D eigenvalue weighted by molar-refractivity contribution is 6.12. The predicted octanol–water partition coefficient (Wildman–Crippen LogP) is 2.79. The summed E-state index contributed by atoms with van der Waals surface area (Å²) in [4.78, 5) is 23.5. The highest BCUT2D eigenvalue weighted by Crippen LogP contribution is 2.33. The lowest BCUT2D eigenvalue weighted by Gasteiger charge is -2.26. The molecular weight excluding hydrogens is 314 g/mol. The molecule has 0 bridgehead atoms. The second kappa shape index (κ2) is 7.44. The minimum Gasteiger partial charge on any atom is -0.497 e. The molecule has 0 N–H and O–H groups in total. The molecule has 0 amide bonds. The van der Waals surface area contributed by atoms with Gasteiger partial charge in [-0.15, -0.1) is 0 Å². The highest BCUT2D eigenvalue weighted by atomic mass is 16.6. The molecule has 7 nitrogen and oxygen atoms in total. The summed E-state index contributed by atoms with van der Waals surface area (Å²) in [6.07, 6.45) is 2.11. The fourth-order valence-corrected chi connectivity index (χ4v) is 2.80. The molecule has 0 spiro atoms. The van der Waals surface area contributed by atoms with Crippen molar-refractivity contribution in [2.45, 2.75) is 39.0 Å². The number of methoxy groups -OCH3 is 2. The first-order chi connectivity index (χ1) is 11.4. The standard InChI is InChI=1S/C17H21NO6/c1-10-5-6-14(11(2)24-10)17(19)16-12(9-18(20)21)7-13(22-3)8-15(16)23-4/h6-8,10-11H,5,9H2,1-4H3/t10-,11+/m0/s1. The molecule has 1 aromatic rings. The van der Waals surface area contributed by atoms with Crippen molar-refractivity contribution in [3.63, 3.8) is 0 Å². The third kappa shape index (κ3) is 3.73. The van der Waals surface area contributed by atoms with Crippen LogP contribution in [0.4, 0.5) is 0 Å². The van der Waals surface area contributed by atoms with Gasteiger partial charge in [0.15, 0.2) is 5.78 Å². The lowest BCUT2D eigenvalue weighted by molar-refractivity contribution is -0.496. The van der Waals surface area contributed by atoms with Crippen molar-refractivity contribution in [3.05, 3.63) is 45.0 Å². The van der Waals surface area contributed by atoms with Crippen LogP contribution in [-0.2, 0) is 11.3 Å². The molecule has 0 fully saturated rings. The molecule has 2 atom stereocenters. The zero-order chi connectivity index (χ0) is 17.9. The van der Waals surface area contributed by atoms with E-state index in [9.17, 15) is 14.9 Å². The molecule has 130 valence electrons. The van der Waals surface area contributed by atoms with Crippen molar-refractivity contribution < 1.29 is 23.9 Å². The summed E-state index contributed by atoms with van der Waals surface area (Å²) < 4.78 is 16.1. The number of carbonyl (C=O) groups excluding carboxylic acids is 1. The molecule has 2 rings (SSSR count). The lowest BCUT2D eigenvalue weighted by Crippen LogP contribution is -2.28. The second-order valence-electron chi connectivity index (χ2n) is 5.67. The third-order valence-electron chi connectivity index (χ3n) is 3.95. The van der Waals surface area contributed by atoms with E-state index in [1.54, 1.807) is 13.0 Å². The van der Waals surface area contributed by atoms with E-state index in [4.69, 9.17) is 14.2 Å². The number of ketones is 1. The molecule has 0 aromatic heterocycles. The Bertz CT molecular complexity index is 682. The van der Waals surface area contributed by atoms with Gasteiger partial charge >= 0.3 is 0 Å². The first kappa shape index (κ1) is 17.9. The Kier molecular flexibility index (Phi) is 5.56. The van der Waals surface area contributed by atoms with Crippen LogP contribution in [0.3, 0.4) is 0 Å². The predicted molar refractivity (Wildman–Crippen MR) is 87.3 cm³/mol. The number of benzene rings is 1. The Balaban J connectivity index is 2.54. The Morgan fingerprint density at radius 3 is 2.58 bits per heavy atom. The number of nitrogens with zero attached hydrogens (tertiary/aromatic N) is 1. The summed E-state index contributed by atoms with van der Waals surface area (Å²) in [5, 5.41) is 11.0. The van der Waals surface area contributed by atoms with E-state index < -0.39 is 11.5 Å². The van der Waals surface area contributed by atoms with E-state index in [0.29, 0.717) is 17.7 Å². The molecule has 1 aliphatic heterocycles. The van der Waals surface area contributed by atoms with Crippen molar-refractivity contribution >= 4 is 5.78 Å². The summed E-state index contributed by atoms with van der Waals surface area (Å²) in [6, 6.07) is 3.05. The van der Waals surface area contributed by atoms with Gasteiger partial charge in [-0.05, 0) is 26.3 Å². The number of carbonyl (C=O) groups is 1. The molecule has 1 aromatic carbocycles. The molecule has 0 aliphatic carbocycles. The Morgan fingerprint density at radius 1 is 1.33 bits per heavy atom. The SMILES string of the molecule is COc1cc(C[N+](=O)[O-])c(C(=O)C2=CC[C@H](C)O[C@@H]2C)c(OC)c1. The Morgan fingerprint density at radius 2 is 2.04 bits per heavy atom. The molecule has 7 heteroatoms. The first-order valence-electron chi connectivity index (χ1n) is 7.64. The molecule has 0 saturated carbocycles. The van der Waals surface area contributed by atoms with E-state index in [2.05, 4.69) is 0 Å². The van der Waals surface area contributed by atoms with E-state index in [1.807, 2.05) is 13.0 Å². The van der Waals surface area contributed by atoms with Crippen molar-refractivity contribution in [2.24, 2.45) is 0 Å². The van der Waals surface area contributed by atoms with Gasteiger partial charge in [0.05, 0.1) is 32.0 Å². The van der Waals surface area contributed by atoms with Crippen LogP contribution >= 0.6 is 0 Å². The van der Waals surface area contributed by atoms with Crippen LogP contribution < -0.4 is 9.47 Å². The maximum absolute atomic E-state index is 13.0. The maximum atomic E-state index is 13.0.